The Balaban J connectivity index is 1.82. The fourth-order valence-corrected chi connectivity index (χ4v) is 4.61. The monoisotopic (exact) mass is 280 g/mol. The third-order valence-corrected chi connectivity index (χ3v) is 6.17. The topological polar surface area (TPSA) is 49.4 Å². The molecule has 2 atom stereocenters. The van der Waals surface area contributed by atoms with E-state index < -0.39 is 10.0 Å². The lowest BCUT2D eigenvalue weighted by atomic mass is 10.0. The van der Waals surface area contributed by atoms with E-state index in [1.807, 2.05) is 12.1 Å². The van der Waals surface area contributed by atoms with E-state index in [-0.39, 0.29) is 0 Å². The minimum absolute atomic E-state index is 0.428. The first-order valence-electron chi connectivity index (χ1n) is 6.91. The zero-order valence-electron chi connectivity index (χ0n) is 11.2. The van der Waals surface area contributed by atoms with Gasteiger partial charge < -0.3 is 5.32 Å². The first-order chi connectivity index (χ1) is 9.11. The van der Waals surface area contributed by atoms with Gasteiger partial charge in [-0.2, -0.15) is 4.31 Å². The van der Waals surface area contributed by atoms with Crippen molar-refractivity contribution in [2.24, 2.45) is 11.8 Å². The molecule has 2 fully saturated rings. The average molecular weight is 280 g/mol. The van der Waals surface area contributed by atoms with Gasteiger partial charge in [0.15, 0.2) is 0 Å². The van der Waals surface area contributed by atoms with E-state index in [0.29, 0.717) is 29.8 Å². The molecule has 0 bridgehead atoms. The highest BCUT2D eigenvalue weighted by molar-refractivity contribution is 7.89. The summed E-state index contributed by atoms with van der Waals surface area (Å²) < 4.78 is 26.8. The molecule has 4 nitrogen and oxygen atoms in total. The van der Waals surface area contributed by atoms with Crippen LogP contribution in [0, 0.1) is 11.8 Å². The molecule has 0 aromatic heterocycles. The molecule has 0 spiro atoms. The molecule has 0 saturated carbocycles. The van der Waals surface area contributed by atoms with Gasteiger partial charge in [-0.25, -0.2) is 8.42 Å². The highest BCUT2D eigenvalue weighted by Gasteiger charge is 2.41. The Labute approximate surface area is 114 Å². The Morgan fingerprint density at radius 2 is 1.74 bits per heavy atom. The van der Waals surface area contributed by atoms with Crippen LogP contribution in [0.5, 0.6) is 0 Å². The van der Waals surface area contributed by atoms with E-state index in [0.717, 1.165) is 19.5 Å². The molecule has 2 saturated heterocycles. The Morgan fingerprint density at radius 1 is 1.16 bits per heavy atom. The van der Waals surface area contributed by atoms with Crippen LogP contribution in [0.3, 0.4) is 0 Å². The second-order valence-corrected chi connectivity index (χ2v) is 7.44. The van der Waals surface area contributed by atoms with Gasteiger partial charge in [-0.15, -0.1) is 0 Å². The van der Waals surface area contributed by atoms with Crippen molar-refractivity contribution in [3.63, 3.8) is 0 Å². The number of hydrogen-bond acceptors (Lipinski definition) is 3. The van der Waals surface area contributed by atoms with Crippen LogP contribution in [-0.4, -0.2) is 38.9 Å². The third-order valence-electron chi connectivity index (χ3n) is 4.33. The molecular formula is C14H20N2O2S. The van der Waals surface area contributed by atoms with Gasteiger partial charge >= 0.3 is 0 Å². The Morgan fingerprint density at radius 3 is 2.26 bits per heavy atom. The van der Waals surface area contributed by atoms with Gasteiger partial charge in [0.1, 0.15) is 0 Å². The van der Waals surface area contributed by atoms with Crippen molar-refractivity contribution in [1.82, 2.24) is 9.62 Å². The predicted octanol–water partition coefficient (Wildman–Crippen LogP) is 1.09. The summed E-state index contributed by atoms with van der Waals surface area (Å²) in [6, 6.07) is 7.29. The van der Waals surface area contributed by atoms with Crippen molar-refractivity contribution in [3.05, 3.63) is 29.8 Å². The van der Waals surface area contributed by atoms with Crippen LogP contribution < -0.4 is 5.32 Å². The minimum atomic E-state index is -3.30. The van der Waals surface area contributed by atoms with Crippen molar-refractivity contribution in [2.75, 3.05) is 26.2 Å². The summed E-state index contributed by atoms with van der Waals surface area (Å²) in [5, 5.41) is 3.33. The van der Waals surface area contributed by atoms with Crippen molar-refractivity contribution < 1.29 is 8.42 Å². The molecule has 2 heterocycles. The molecule has 2 unspecified atom stereocenters. The van der Waals surface area contributed by atoms with Crippen molar-refractivity contribution >= 4 is 10.0 Å². The van der Waals surface area contributed by atoms with E-state index in [4.69, 9.17) is 0 Å². The lowest BCUT2D eigenvalue weighted by Gasteiger charge is -2.17. The molecule has 1 aromatic carbocycles. The van der Waals surface area contributed by atoms with E-state index in [1.54, 1.807) is 16.4 Å². The number of nitrogens with one attached hydrogen (secondary N) is 1. The van der Waals surface area contributed by atoms with Crippen LogP contribution in [0.1, 0.15) is 12.5 Å². The van der Waals surface area contributed by atoms with Crippen LogP contribution in [-0.2, 0) is 16.4 Å². The number of sulfonamides is 1. The van der Waals surface area contributed by atoms with E-state index in [9.17, 15) is 8.42 Å². The molecule has 0 amide bonds. The van der Waals surface area contributed by atoms with Crippen LogP contribution in [0.2, 0.25) is 0 Å². The summed E-state index contributed by atoms with van der Waals surface area (Å²) in [4.78, 5) is 0.428. The summed E-state index contributed by atoms with van der Waals surface area (Å²) in [7, 11) is -3.30. The molecule has 1 N–H and O–H groups in total. The quantitative estimate of drug-likeness (QED) is 0.901. The highest BCUT2D eigenvalue weighted by atomic mass is 32.2. The first-order valence-corrected chi connectivity index (χ1v) is 8.35. The molecule has 104 valence electrons. The summed E-state index contributed by atoms with van der Waals surface area (Å²) >= 11 is 0. The molecule has 2 aliphatic heterocycles. The number of nitrogens with zero attached hydrogens (tertiary/aromatic N) is 1. The van der Waals surface area contributed by atoms with E-state index in [2.05, 4.69) is 12.2 Å². The molecule has 5 heteroatoms. The second-order valence-electron chi connectivity index (χ2n) is 5.50. The molecule has 2 aliphatic rings. The summed E-state index contributed by atoms with van der Waals surface area (Å²) in [5.74, 6) is 0.981. The van der Waals surface area contributed by atoms with Gasteiger partial charge in [0.2, 0.25) is 10.0 Å². The maximum atomic E-state index is 12.6. The zero-order chi connectivity index (χ0) is 13.5. The fraction of sp³-hybridized carbons (Fsp3) is 0.571. The van der Waals surface area contributed by atoms with Gasteiger partial charge in [-0.3, -0.25) is 0 Å². The second kappa shape index (κ2) is 4.89. The molecule has 19 heavy (non-hydrogen) atoms. The van der Waals surface area contributed by atoms with Gasteiger partial charge in [0.05, 0.1) is 4.90 Å². The maximum Gasteiger partial charge on any atom is 0.243 e. The zero-order valence-corrected chi connectivity index (χ0v) is 12.0. The summed E-state index contributed by atoms with van der Waals surface area (Å²) in [6.07, 6.45) is 0.930. The number of aryl methyl sites for hydroxylation is 1. The standard InChI is InChI=1S/C14H20N2O2S/c1-2-11-3-5-14(6-4-11)19(17,18)16-9-12-7-15-8-13(12)10-16/h3-6,12-13,15H,2,7-10H2,1H3. The lowest BCUT2D eigenvalue weighted by molar-refractivity contribution is 0.448. The van der Waals surface area contributed by atoms with Gasteiger partial charge in [-0.1, -0.05) is 19.1 Å². The number of benzene rings is 1. The highest BCUT2D eigenvalue weighted by Crippen LogP contribution is 2.30. The molecular weight excluding hydrogens is 260 g/mol. The van der Waals surface area contributed by atoms with Gasteiger partial charge in [0.25, 0.3) is 0 Å². The Bertz CT molecular complexity index is 541. The predicted molar refractivity (Wildman–Crippen MR) is 74.4 cm³/mol. The van der Waals surface area contributed by atoms with Crippen molar-refractivity contribution in [1.29, 1.82) is 0 Å². The van der Waals surface area contributed by atoms with Crippen molar-refractivity contribution in [3.8, 4) is 0 Å². The van der Waals surface area contributed by atoms with E-state index >= 15 is 0 Å². The number of fused-ring (bicyclic) bond motifs is 1. The Kier molecular flexibility index (Phi) is 3.37. The normalized spacial score (nSPS) is 27.6. The smallest absolute Gasteiger partial charge is 0.243 e. The van der Waals surface area contributed by atoms with Crippen LogP contribution >= 0.6 is 0 Å². The van der Waals surface area contributed by atoms with Crippen molar-refractivity contribution in [2.45, 2.75) is 18.2 Å². The molecule has 0 radical (unpaired) electrons. The fourth-order valence-electron chi connectivity index (χ4n) is 3.05. The van der Waals surface area contributed by atoms with Gasteiger partial charge in [0, 0.05) is 13.1 Å². The van der Waals surface area contributed by atoms with E-state index in [1.165, 1.54) is 5.56 Å². The van der Waals surface area contributed by atoms with Gasteiger partial charge in [-0.05, 0) is 49.0 Å². The largest absolute Gasteiger partial charge is 0.316 e. The minimum Gasteiger partial charge on any atom is -0.316 e. The first kappa shape index (κ1) is 13.1. The molecule has 0 aliphatic carbocycles. The average Bonchev–Trinajstić information content (AvgIpc) is 2.99. The Hall–Kier alpha value is -0.910. The third kappa shape index (κ3) is 2.30. The molecule has 1 aromatic rings. The van der Waals surface area contributed by atoms with Crippen LogP contribution in [0.4, 0.5) is 0 Å². The van der Waals surface area contributed by atoms with Crippen LogP contribution in [0.15, 0.2) is 29.2 Å². The lowest BCUT2D eigenvalue weighted by Crippen LogP contribution is -2.31. The number of hydrogen-bond donors (Lipinski definition) is 1. The SMILES string of the molecule is CCc1ccc(S(=O)(=O)N2CC3CNCC3C2)cc1. The molecule has 3 rings (SSSR count). The maximum absolute atomic E-state index is 12.6. The summed E-state index contributed by atoms with van der Waals surface area (Å²) in [5.41, 5.74) is 1.17. The summed E-state index contributed by atoms with van der Waals surface area (Å²) in [6.45, 7) is 5.29. The number of rotatable bonds is 3. The van der Waals surface area contributed by atoms with Crippen LogP contribution in [0.25, 0.3) is 0 Å².